The molecule has 0 unspecified atom stereocenters. The van der Waals surface area contributed by atoms with Crippen molar-refractivity contribution < 1.29 is 4.79 Å². The van der Waals surface area contributed by atoms with Crippen LogP contribution in [0.5, 0.6) is 0 Å². The highest BCUT2D eigenvalue weighted by molar-refractivity contribution is 6.30. The van der Waals surface area contributed by atoms with Crippen LogP contribution in [-0.4, -0.2) is 67.5 Å². The number of hydrogen-bond acceptors (Lipinski definition) is 5. The molecule has 1 atom stereocenters. The number of piperazine rings is 1. The van der Waals surface area contributed by atoms with Crippen LogP contribution < -0.4 is 0 Å². The van der Waals surface area contributed by atoms with Crippen molar-refractivity contribution in [2.24, 2.45) is 0 Å². The van der Waals surface area contributed by atoms with E-state index in [0.717, 1.165) is 38.2 Å². The molecule has 2 aliphatic heterocycles. The van der Waals surface area contributed by atoms with Gasteiger partial charge in [0.05, 0.1) is 5.69 Å². The number of aromatic nitrogens is 4. The summed E-state index contributed by atoms with van der Waals surface area (Å²) in [7, 11) is 0. The van der Waals surface area contributed by atoms with E-state index in [0.29, 0.717) is 28.2 Å². The Morgan fingerprint density at radius 1 is 1.15 bits per heavy atom. The molecule has 2 aromatic heterocycles. The van der Waals surface area contributed by atoms with Crippen molar-refractivity contribution in [2.75, 3.05) is 26.2 Å². The summed E-state index contributed by atoms with van der Waals surface area (Å²) in [6, 6.07) is 9.69. The molecule has 0 spiro atoms. The van der Waals surface area contributed by atoms with Crippen LogP contribution in [0.1, 0.15) is 23.3 Å². The van der Waals surface area contributed by atoms with Crippen LogP contribution in [0.2, 0.25) is 5.02 Å². The maximum Gasteiger partial charge on any atom is 0.272 e. The third-order valence-electron chi connectivity index (χ3n) is 5.49. The predicted octanol–water partition coefficient (Wildman–Crippen LogP) is 2.36. The minimum absolute atomic E-state index is 0.0188. The monoisotopic (exact) mass is 382 g/mol. The highest BCUT2D eigenvalue weighted by Gasteiger charge is 2.33. The highest BCUT2D eigenvalue weighted by atomic mass is 35.5. The smallest absolute Gasteiger partial charge is 0.272 e. The van der Waals surface area contributed by atoms with Gasteiger partial charge >= 0.3 is 0 Å². The van der Waals surface area contributed by atoms with E-state index in [2.05, 4.69) is 20.0 Å². The number of halogens is 1. The molecule has 0 N–H and O–H groups in total. The lowest BCUT2D eigenvalue weighted by Gasteiger charge is -2.37. The lowest BCUT2D eigenvalue weighted by molar-refractivity contribution is 0.0563. The van der Waals surface area contributed by atoms with Gasteiger partial charge in [0.1, 0.15) is 12.0 Å². The van der Waals surface area contributed by atoms with Gasteiger partial charge < -0.3 is 4.90 Å². The number of benzene rings is 1. The number of carbonyl (C=O) groups excluding carboxylic acids is 1. The van der Waals surface area contributed by atoms with Gasteiger partial charge in [-0.2, -0.15) is 14.6 Å². The fourth-order valence-corrected chi connectivity index (χ4v) is 4.20. The van der Waals surface area contributed by atoms with Crippen LogP contribution in [0, 0.1) is 0 Å². The van der Waals surface area contributed by atoms with E-state index in [1.54, 1.807) is 6.07 Å². The van der Waals surface area contributed by atoms with Crippen molar-refractivity contribution in [3.05, 3.63) is 47.4 Å². The lowest BCUT2D eigenvalue weighted by Crippen LogP contribution is -2.52. The van der Waals surface area contributed by atoms with Crippen LogP contribution in [0.15, 0.2) is 36.7 Å². The van der Waals surface area contributed by atoms with Crippen molar-refractivity contribution in [2.45, 2.75) is 18.9 Å². The predicted molar refractivity (Wildman–Crippen MR) is 102 cm³/mol. The number of rotatable bonds is 2. The summed E-state index contributed by atoms with van der Waals surface area (Å²) >= 11 is 5.99. The van der Waals surface area contributed by atoms with Crippen LogP contribution in [0.3, 0.4) is 0 Å². The van der Waals surface area contributed by atoms with Crippen LogP contribution in [0.25, 0.3) is 17.0 Å². The van der Waals surface area contributed by atoms with Gasteiger partial charge in [-0.25, -0.2) is 4.98 Å². The Morgan fingerprint density at radius 2 is 2.00 bits per heavy atom. The average Bonchev–Trinajstić information content (AvgIpc) is 3.35. The third-order valence-corrected chi connectivity index (χ3v) is 5.74. The lowest BCUT2D eigenvalue weighted by atomic mass is 10.1. The van der Waals surface area contributed by atoms with E-state index < -0.39 is 0 Å². The van der Waals surface area contributed by atoms with E-state index in [9.17, 15) is 4.79 Å². The van der Waals surface area contributed by atoms with E-state index in [1.165, 1.54) is 17.3 Å². The summed E-state index contributed by atoms with van der Waals surface area (Å²) in [6.45, 7) is 3.60. The van der Waals surface area contributed by atoms with Gasteiger partial charge in [-0.1, -0.05) is 23.7 Å². The van der Waals surface area contributed by atoms with Crippen molar-refractivity contribution in [3.63, 3.8) is 0 Å². The van der Waals surface area contributed by atoms with Gasteiger partial charge in [0.15, 0.2) is 0 Å². The van der Waals surface area contributed by atoms with Gasteiger partial charge in [0.2, 0.25) is 0 Å². The molecule has 1 aromatic carbocycles. The van der Waals surface area contributed by atoms with Crippen molar-refractivity contribution in [3.8, 4) is 11.3 Å². The van der Waals surface area contributed by atoms with Gasteiger partial charge in [-0.15, -0.1) is 0 Å². The summed E-state index contributed by atoms with van der Waals surface area (Å²) in [5, 5.41) is 4.87. The molecular formula is C19H19ClN6O. The molecule has 3 aromatic rings. The molecule has 7 nitrogen and oxygen atoms in total. The first-order chi connectivity index (χ1) is 13.2. The molecule has 8 heteroatoms. The first-order valence-electron chi connectivity index (χ1n) is 9.19. The Balaban J connectivity index is 1.52. The minimum Gasteiger partial charge on any atom is -0.334 e. The molecule has 2 fully saturated rings. The molecule has 0 bridgehead atoms. The van der Waals surface area contributed by atoms with Crippen LogP contribution >= 0.6 is 11.6 Å². The number of fused-ring (bicyclic) bond motifs is 2. The van der Waals surface area contributed by atoms with E-state index in [-0.39, 0.29) is 5.91 Å². The highest BCUT2D eigenvalue weighted by Crippen LogP contribution is 2.25. The summed E-state index contributed by atoms with van der Waals surface area (Å²) < 4.78 is 1.53. The zero-order chi connectivity index (χ0) is 18.4. The normalized spacial score (nSPS) is 20.2. The SMILES string of the molecule is O=C(c1cc(-c2ccc(Cl)cc2)nc2ncnn12)N1CCN2CCC[C@H]2C1. The molecular weight excluding hydrogens is 364 g/mol. The van der Waals surface area contributed by atoms with Crippen molar-refractivity contribution in [1.82, 2.24) is 29.4 Å². The fraction of sp³-hybridized carbons (Fsp3) is 0.368. The topological polar surface area (TPSA) is 66.6 Å². The Bertz CT molecular complexity index is 1000. The maximum absolute atomic E-state index is 13.3. The Kier molecular flexibility index (Phi) is 4.06. The second-order valence-electron chi connectivity index (χ2n) is 7.09. The molecule has 5 rings (SSSR count). The van der Waals surface area contributed by atoms with Gasteiger partial charge in [0.25, 0.3) is 11.7 Å². The third kappa shape index (κ3) is 2.96. The number of hydrogen-bond donors (Lipinski definition) is 0. The Hall–Kier alpha value is -2.51. The molecule has 27 heavy (non-hydrogen) atoms. The molecule has 2 saturated heterocycles. The standard InChI is InChI=1S/C19H19ClN6O/c20-14-5-3-13(4-6-14)16-10-17(26-19(23-16)21-12-22-26)18(27)25-9-8-24-7-1-2-15(24)11-25/h3-6,10,12,15H,1-2,7-9,11H2/t15-/m0/s1. The molecule has 1 amide bonds. The summed E-state index contributed by atoms with van der Waals surface area (Å²) in [4.78, 5) is 26.5. The first-order valence-corrected chi connectivity index (χ1v) is 9.57. The van der Waals surface area contributed by atoms with Crippen LogP contribution in [0.4, 0.5) is 0 Å². The largest absolute Gasteiger partial charge is 0.334 e. The molecule has 138 valence electrons. The second-order valence-corrected chi connectivity index (χ2v) is 7.52. The second kappa shape index (κ2) is 6.58. The summed E-state index contributed by atoms with van der Waals surface area (Å²) in [5.74, 6) is 0.403. The van der Waals surface area contributed by atoms with E-state index >= 15 is 0 Å². The first kappa shape index (κ1) is 16.6. The molecule has 2 aliphatic rings. The molecule has 0 aliphatic carbocycles. The average molecular weight is 383 g/mol. The van der Waals surface area contributed by atoms with Crippen molar-refractivity contribution in [1.29, 1.82) is 0 Å². The summed E-state index contributed by atoms with van der Waals surface area (Å²) in [5.41, 5.74) is 2.07. The summed E-state index contributed by atoms with van der Waals surface area (Å²) in [6.07, 6.45) is 3.81. The zero-order valence-electron chi connectivity index (χ0n) is 14.8. The number of nitrogens with zero attached hydrogens (tertiary/aromatic N) is 6. The molecule has 0 saturated carbocycles. The maximum atomic E-state index is 13.3. The Morgan fingerprint density at radius 3 is 2.85 bits per heavy atom. The fourth-order valence-electron chi connectivity index (χ4n) is 4.07. The van der Waals surface area contributed by atoms with Gasteiger partial charge in [-0.3, -0.25) is 9.69 Å². The Labute approximate surface area is 161 Å². The van der Waals surface area contributed by atoms with Crippen molar-refractivity contribution >= 4 is 23.3 Å². The van der Waals surface area contributed by atoms with E-state index in [1.807, 2.05) is 29.2 Å². The van der Waals surface area contributed by atoms with Gasteiger partial charge in [-0.05, 0) is 37.6 Å². The zero-order valence-corrected chi connectivity index (χ0v) is 15.5. The minimum atomic E-state index is -0.0188. The van der Waals surface area contributed by atoms with Gasteiger partial charge in [0, 0.05) is 36.3 Å². The number of carbonyl (C=O) groups is 1. The number of amides is 1. The van der Waals surface area contributed by atoms with E-state index in [4.69, 9.17) is 11.6 Å². The molecule has 4 heterocycles. The van der Waals surface area contributed by atoms with Crippen LogP contribution in [-0.2, 0) is 0 Å². The quantitative estimate of drug-likeness (QED) is 0.680. The molecule has 0 radical (unpaired) electrons.